The minimum atomic E-state index is 0.869. The number of benzene rings is 3. The molecule has 0 saturated heterocycles. The Morgan fingerprint density at radius 3 is 1.77 bits per heavy atom. The number of rotatable bonds is 4. The van der Waals surface area contributed by atoms with Gasteiger partial charge in [-0.05, 0) is 31.2 Å². The Labute approximate surface area is 176 Å². The standard InChI is InChI=1S/C27H21N3/c1-20-28-26(25-19-11-18-24(29-25)21-12-5-2-6-13-21)27(22-14-7-3-8-15-22)30(20)23-16-9-4-10-17-23/h2-19H,1H3. The molecule has 0 saturated carbocycles. The molecule has 0 unspecified atom stereocenters. The number of hydrogen-bond acceptors (Lipinski definition) is 2. The summed E-state index contributed by atoms with van der Waals surface area (Å²) in [6, 6.07) is 37.1. The van der Waals surface area contributed by atoms with Crippen LogP contribution in [0.25, 0.3) is 39.6 Å². The average molecular weight is 387 g/mol. The molecule has 3 aromatic carbocycles. The molecule has 2 heterocycles. The van der Waals surface area contributed by atoms with Crippen LogP contribution in [0.15, 0.2) is 109 Å². The lowest BCUT2D eigenvalue weighted by Gasteiger charge is -2.12. The number of aromatic nitrogens is 3. The lowest BCUT2D eigenvalue weighted by Crippen LogP contribution is -1.99. The van der Waals surface area contributed by atoms with Gasteiger partial charge in [0, 0.05) is 16.8 Å². The Kier molecular flexibility index (Phi) is 4.70. The van der Waals surface area contributed by atoms with Crippen LogP contribution >= 0.6 is 0 Å². The number of aryl methyl sites for hydroxylation is 1. The molecule has 0 bridgehead atoms. The smallest absolute Gasteiger partial charge is 0.115 e. The lowest BCUT2D eigenvalue weighted by atomic mass is 10.1. The van der Waals surface area contributed by atoms with Gasteiger partial charge in [0.15, 0.2) is 0 Å². The van der Waals surface area contributed by atoms with Gasteiger partial charge in [-0.3, -0.25) is 4.57 Å². The van der Waals surface area contributed by atoms with Gasteiger partial charge in [0.2, 0.25) is 0 Å². The van der Waals surface area contributed by atoms with E-state index in [-0.39, 0.29) is 0 Å². The second-order valence-electron chi connectivity index (χ2n) is 7.17. The van der Waals surface area contributed by atoms with Gasteiger partial charge >= 0.3 is 0 Å². The summed E-state index contributed by atoms with van der Waals surface area (Å²) in [4.78, 5) is 9.94. The molecule has 3 heteroatoms. The molecule has 144 valence electrons. The largest absolute Gasteiger partial charge is 0.296 e. The fraction of sp³-hybridized carbons (Fsp3) is 0.0370. The fourth-order valence-electron chi connectivity index (χ4n) is 3.80. The molecule has 0 atom stereocenters. The first kappa shape index (κ1) is 18.1. The summed E-state index contributed by atoms with van der Waals surface area (Å²) in [6.45, 7) is 2.05. The highest BCUT2D eigenvalue weighted by molar-refractivity contribution is 5.80. The number of imidazole rings is 1. The molecule has 0 fully saturated rings. The number of para-hydroxylation sites is 1. The number of pyridine rings is 1. The van der Waals surface area contributed by atoms with Gasteiger partial charge in [0.05, 0.1) is 17.1 Å². The normalized spacial score (nSPS) is 10.8. The molecule has 0 aliphatic carbocycles. The molecule has 0 aliphatic rings. The van der Waals surface area contributed by atoms with Crippen LogP contribution in [0.1, 0.15) is 5.82 Å². The summed E-state index contributed by atoms with van der Waals surface area (Å²) >= 11 is 0. The van der Waals surface area contributed by atoms with Crippen LogP contribution < -0.4 is 0 Å². The van der Waals surface area contributed by atoms with E-state index >= 15 is 0 Å². The van der Waals surface area contributed by atoms with E-state index in [1.807, 2.05) is 49.4 Å². The minimum absolute atomic E-state index is 0.869. The van der Waals surface area contributed by atoms with Gasteiger partial charge in [-0.15, -0.1) is 0 Å². The van der Waals surface area contributed by atoms with Gasteiger partial charge in [-0.1, -0.05) is 84.9 Å². The van der Waals surface area contributed by atoms with Crippen molar-refractivity contribution in [2.45, 2.75) is 6.92 Å². The van der Waals surface area contributed by atoms with E-state index in [2.05, 4.69) is 71.3 Å². The molecule has 0 amide bonds. The highest BCUT2D eigenvalue weighted by Crippen LogP contribution is 2.34. The SMILES string of the molecule is Cc1nc(-c2cccc(-c3ccccc3)n2)c(-c2ccccc2)n1-c1ccccc1. The average Bonchev–Trinajstić information content (AvgIpc) is 3.18. The maximum Gasteiger partial charge on any atom is 0.115 e. The van der Waals surface area contributed by atoms with Crippen molar-refractivity contribution in [1.29, 1.82) is 0 Å². The van der Waals surface area contributed by atoms with E-state index < -0.39 is 0 Å². The first-order valence-electron chi connectivity index (χ1n) is 10.0. The summed E-state index contributed by atoms with van der Waals surface area (Å²) in [5.74, 6) is 0.932. The Hall–Kier alpha value is -3.98. The predicted octanol–water partition coefficient (Wildman–Crippen LogP) is 6.58. The molecule has 0 spiro atoms. The molecule has 3 nitrogen and oxygen atoms in total. The third kappa shape index (κ3) is 3.31. The zero-order valence-corrected chi connectivity index (χ0v) is 16.7. The molecule has 0 aliphatic heterocycles. The van der Waals surface area contributed by atoms with E-state index in [9.17, 15) is 0 Å². The Balaban J connectivity index is 1.74. The third-order valence-corrected chi connectivity index (χ3v) is 5.17. The van der Waals surface area contributed by atoms with Gasteiger partial charge in [-0.2, -0.15) is 0 Å². The van der Waals surface area contributed by atoms with Crippen LogP contribution in [0, 0.1) is 6.92 Å². The molecular formula is C27H21N3. The van der Waals surface area contributed by atoms with Crippen molar-refractivity contribution in [3.63, 3.8) is 0 Å². The van der Waals surface area contributed by atoms with Crippen molar-refractivity contribution in [2.24, 2.45) is 0 Å². The van der Waals surface area contributed by atoms with Gasteiger partial charge in [0.1, 0.15) is 11.5 Å². The molecule has 5 rings (SSSR count). The molecule has 30 heavy (non-hydrogen) atoms. The van der Waals surface area contributed by atoms with Crippen molar-refractivity contribution >= 4 is 0 Å². The van der Waals surface area contributed by atoms with Crippen LogP contribution in [0.2, 0.25) is 0 Å². The first-order valence-corrected chi connectivity index (χ1v) is 10.0. The Morgan fingerprint density at radius 2 is 1.10 bits per heavy atom. The van der Waals surface area contributed by atoms with Gasteiger partial charge < -0.3 is 0 Å². The van der Waals surface area contributed by atoms with Gasteiger partial charge in [-0.25, -0.2) is 9.97 Å². The lowest BCUT2D eigenvalue weighted by molar-refractivity contribution is 0.980. The van der Waals surface area contributed by atoms with Crippen LogP contribution in [0.4, 0.5) is 0 Å². The predicted molar refractivity (Wildman–Crippen MR) is 122 cm³/mol. The summed E-state index contributed by atoms with van der Waals surface area (Å²) < 4.78 is 2.21. The fourth-order valence-corrected chi connectivity index (χ4v) is 3.80. The highest BCUT2D eigenvalue weighted by Gasteiger charge is 2.20. The first-order chi connectivity index (χ1) is 14.8. The summed E-state index contributed by atoms with van der Waals surface area (Å²) in [7, 11) is 0. The van der Waals surface area contributed by atoms with Crippen LogP contribution in [-0.4, -0.2) is 14.5 Å². The Morgan fingerprint density at radius 1 is 0.533 bits per heavy atom. The quantitative estimate of drug-likeness (QED) is 0.349. The van der Waals surface area contributed by atoms with Crippen LogP contribution in [-0.2, 0) is 0 Å². The molecular weight excluding hydrogens is 366 g/mol. The Bertz CT molecular complexity index is 1270. The number of hydrogen-bond donors (Lipinski definition) is 0. The minimum Gasteiger partial charge on any atom is -0.296 e. The zero-order chi connectivity index (χ0) is 20.3. The second kappa shape index (κ2) is 7.80. The third-order valence-electron chi connectivity index (χ3n) is 5.17. The van der Waals surface area contributed by atoms with Crippen molar-refractivity contribution < 1.29 is 0 Å². The topological polar surface area (TPSA) is 30.7 Å². The van der Waals surface area contributed by atoms with E-state index in [1.54, 1.807) is 0 Å². The summed E-state index contributed by atoms with van der Waals surface area (Å²) in [6.07, 6.45) is 0. The van der Waals surface area contributed by atoms with Gasteiger partial charge in [0.25, 0.3) is 0 Å². The maximum absolute atomic E-state index is 4.97. The molecule has 0 radical (unpaired) electrons. The van der Waals surface area contributed by atoms with E-state index in [0.717, 1.165) is 45.4 Å². The number of nitrogens with zero attached hydrogens (tertiary/aromatic N) is 3. The van der Waals surface area contributed by atoms with Crippen molar-refractivity contribution in [3.05, 3.63) is 115 Å². The van der Waals surface area contributed by atoms with Crippen molar-refractivity contribution in [3.8, 4) is 39.6 Å². The van der Waals surface area contributed by atoms with Crippen LogP contribution in [0.5, 0.6) is 0 Å². The molecule has 5 aromatic rings. The second-order valence-corrected chi connectivity index (χ2v) is 7.17. The molecule has 0 N–H and O–H groups in total. The highest BCUT2D eigenvalue weighted by atomic mass is 15.1. The molecule has 2 aromatic heterocycles. The van der Waals surface area contributed by atoms with E-state index in [1.165, 1.54) is 0 Å². The zero-order valence-electron chi connectivity index (χ0n) is 16.7. The van der Waals surface area contributed by atoms with Crippen molar-refractivity contribution in [2.75, 3.05) is 0 Å². The maximum atomic E-state index is 4.97. The van der Waals surface area contributed by atoms with E-state index in [0.29, 0.717) is 0 Å². The summed E-state index contributed by atoms with van der Waals surface area (Å²) in [5.41, 5.74) is 7.06. The van der Waals surface area contributed by atoms with Crippen LogP contribution in [0.3, 0.4) is 0 Å². The summed E-state index contributed by atoms with van der Waals surface area (Å²) in [5, 5.41) is 0. The monoisotopic (exact) mass is 387 g/mol. The van der Waals surface area contributed by atoms with E-state index in [4.69, 9.17) is 9.97 Å². The van der Waals surface area contributed by atoms with Crippen molar-refractivity contribution in [1.82, 2.24) is 14.5 Å².